The fourth-order valence-corrected chi connectivity index (χ4v) is 4.62. The van der Waals surface area contributed by atoms with E-state index in [1.165, 1.54) is 33.4 Å². The highest BCUT2D eigenvalue weighted by atomic mass is 15.4. The van der Waals surface area contributed by atoms with E-state index in [0.717, 1.165) is 17.1 Å². The van der Waals surface area contributed by atoms with Gasteiger partial charge in [-0.25, -0.2) is 14.0 Å². The summed E-state index contributed by atoms with van der Waals surface area (Å²) < 4.78 is 5.73. The van der Waals surface area contributed by atoms with Crippen LogP contribution in [0.15, 0.2) is 18.6 Å². The summed E-state index contributed by atoms with van der Waals surface area (Å²) in [6.45, 7) is 10.5. The second-order valence-corrected chi connectivity index (χ2v) is 9.12. The van der Waals surface area contributed by atoms with E-state index >= 15 is 0 Å². The Labute approximate surface area is 211 Å². The van der Waals surface area contributed by atoms with Gasteiger partial charge in [-0.1, -0.05) is 15.6 Å². The monoisotopic (exact) mass is 492 g/mol. The molecule has 0 saturated heterocycles. The highest BCUT2D eigenvalue weighted by molar-refractivity contribution is 5.51. The van der Waals surface area contributed by atoms with Gasteiger partial charge < -0.3 is 16.0 Å². The van der Waals surface area contributed by atoms with Crippen LogP contribution in [-0.2, 0) is 39.3 Å². The van der Waals surface area contributed by atoms with Gasteiger partial charge in [0, 0.05) is 19.6 Å². The molecule has 0 unspecified atom stereocenters. The van der Waals surface area contributed by atoms with E-state index in [0.29, 0.717) is 39.3 Å². The summed E-state index contributed by atoms with van der Waals surface area (Å²) in [5, 5.41) is 35.4. The quantitative estimate of drug-likeness (QED) is 0.262. The minimum absolute atomic E-state index is 0.638. The summed E-state index contributed by atoms with van der Waals surface area (Å²) in [5.41, 5.74) is 10.2. The van der Waals surface area contributed by atoms with Crippen LogP contribution < -0.4 is 16.0 Å². The van der Waals surface area contributed by atoms with E-state index in [1.54, 1.807) is 0 Å². The van der Waals surface area contributed by atoms with Gasteiger partial charge in [0.05, 0.1) is 55.3 Å². The molecule has 12 nitrogen and oxygen atoms in total. The number of hydrogen-bond acceptors (Lipinski definition) is 9. The fourth-order valence-electron chi connectivity index (χ4n) is 4.62. The summed E-state index contributed by atoms with van der Waals surface area (Å²) in [6, 6.07) is 0. The molecule has 0 spiro atoms. The zero-order valence-corrected chi connectivity index (χ0v) is 22.0. The molecule has 3 aromatic heterocycles. The first-order chi connectivity index (χ1) is 17.4. The molecule has 12 heteroatoms. The number of hydrogen-bond donors (Lipinski definition) is 3. The Balaban J connectivity index is 1.74. The zero-order valence-electron chi connectivity index (χ0n) is 22.0. The normalized spacial score (nSPS) is 11.5. The van der Waals surface area contributed by atoms with Crippen molar-refractivity contribution in [1.29, 1.82) is 0 Å². The average molecular weight is 493 g/mol. The largest absolute Gasteiger partial charge is 0.314 e. The molecule has 0 amide bonds. The molecule has 4 aromatic rings. The topological polar surface area (TPSA) is 128 Å². The molecular formula is C24H36N12. The lowest BCUT2D eigenvalue weighted by atomic mass is 9.88. The first kappa shape index (κ1) is 25.6. The number of rotatable bonds is 12. The summed E-state index contributed by atoms with van der Waals surface area (Å²) >= 11 is 0. The number of nitrogens with zero attached hydrogens (tertiary/aromatic N) is 9. The van der Waals surface area contributed by atoms with Gasteiger partial charge in [-0.05, 0) is 75.3 Å². The molecule has 36 heavy (non-hydrogen) atoms. The number of nitrogens with one attached hydrogen (secondary N) is 3. The van der Waals surface area contributed by atoms with Gasteiger partial charge in [0.2, 0.25) is 0 Å². The Morgan fingerprint density at radius 2 is 0.806 bits per heavy atom. The Kier molecular flexibility index (Phi) is 8.18. The zero-order chi connectivity index (χ0) is 25.7. The molecule has 0 aliphatic heterocycles. The van der Waals surface area contributed by atoms with Crippen molar-refractivity contribution < 1.29 is 0 Å². The van der Waals surface area contributed by atoms with Crippen molar-refractivity contribution in [1.82, 2.24) is 60.9 Å². The van der Waals surface area contributed by atoms with Crippen molar-refractivity contribution in [2.24, 2.45) is 0 Å². The third kappa shape index (κ3) is 5.66. The van der Waals surface area contributed by atoms with Crippen LogP contribution in [-0.4, -0.2) is 66.1 Å². The Morgan fingerprint density at radius 1 is 0.528 bits per heavy atom. The maximum Gasteiger partial charge on any atom is 0.0964 e. The second kappa shape index (κ2) is 11.5. The van der Waals surface area contributed by atoms with E-state index in [1.807, 2.05) is 53.8 Å². The standard InChI is InChI=1S/C24H36N12/c1-16-22(13-34-10-19(7-25-4)28-31-34)17(2)24(15-36-12-21(9-27-6)30-33-36)18(3)23(16)14-35-11-20(8-26-5)29-32-35/h10-12,25-27H,7-9,13-15H2,1-6H3. The van der Waals surface area contributed by atoms with Gasteiger partial charge in [-0.2, -0.15) is 0 Å². The van der Waals surface area contributed by atoms with Crippen LogP contribution in [0.3, 0.4) is 0 Å². The minimum Gasteiger partial charge on any atom is -0.314 e. The van der Waals surface area contributed by atoms with Crippen molar-refractivity contribution >= 4 is 0 Å². The predicted octanol–water partition coefficient (Wildman–Crippen LogP) is 0.689. The molecule has 0 bridgehead atoms. The highest BCUT2D eigenvalue weighted by Crippen LogP contribution is 2.29. The first-order valence-electron chi connectivity index (χ1n) is 12.1. The van der Waals surface area contributed by atoms with Gasteiger partial charge >= 0.3 is 0 Å². The lowest BCUT2D eigenvalue weighted by Crippen LogP contribution is -2.16. The highest BCUT2D eigenvalue weighted by Gasteiger charge is 2.20. The lowest BCUT2D eigenvalue weighted by molar-refractivity contribution is 0.617. The van der Waals surface area contributed by atoms with E-state index in [2.05, 4.69) is 67.7 Å². The van der Waals surface area contributed by atoms with Crippen molar-refractivity contribution in [3.63, 3.8) is 0 Å². The van der Waals surface area contributed by atoms with Crippen LogP contribution in [0.5, 0.6) is 0 Å². The van der Waals surface area contributed by atoms with Crippen molar-refractivity contribution in [2.45, 2.75) is 60.0 Å². The Hall–Kier alpha value is -3.48. The van der Waals surface area contributed by atoms with Crippen molar-refractivity contribution in [2.75, 3.05) is 21.1 Å². The molecule has 3 N–H and O–H groups in total. The van der Waals surface area contributed by atoms with Gasteiger partial charge in [0.25, 0.3) is 0 Å². The molecule has 0 aliphatic carbocycles. The number of aromatic nitrogens is 9. The van der Waals surface area contributed by atoms with Gasteiger partial charge in [0.15, 0.2) is 0 Å². The minimum atomic E-state index is 0.638. The molecular weight excluding hydrogens is 456 g/mol. The Bertz CT molecular complexity index is 1120. The predicted molar refractivity (Wildman–Crippen MR) is 136 cm³/mol. The van der Waals surface area contributed by atoms with E-state index in [9.17, 15) is 0 Å². The maximum atomic E-state index is 4.37. The molecule has 1 aromatic carbocycles. The number of benzene rings is 1. The van der Waals surface area contributed by atoms with Crippen molar-refractivity contribution in [3.8, 4) is 0 Å². The van der Waals surface area contributed by atoms with Crippen LogP contribution in [0.2, 0.25) is 0 Å². The third-order valence-electron chi connectivity index (χ3n) is 6.51. The van der Waals surface area contributed by atoms with E-state index < -0.39 is 0 Å². The molecule has 192 valence electrons. The lowest BCUT2D eigenvalue weighted by Gasteiger charge is -2.22. The average Bonchev–Trinajstić information content (AvgIpc) is 3.60. The van der Waals surface area contributed by atoms with Gasteiger partial charge in [-0.3, -0.25) is 0 Å². The maximum absolute atomic E-state index is 4.37. The first-order valence-corrected chi connectivity index (χ1v) is 12.1. The van der Waals surface area contributed by atoms with Crippen LogP contribution in [0.25, 0.3) is 0 Å². The fraction of sp³-hybridized carbons (Fsp3) is 0.500. The van der Waals surface area contributed by atoms with Crippen LogP contribution in [0.1, 0.15) is 50.5 Å². The Morgan fingerprint density at radius 3 is 1.06 bits per heavy atom. The van der Waals surface area contributed by atoms with E-state index in [-0.39, 0.29) is 0 Å². The third-order valence-corrected chi connectivity index (χ3v) is 6.51. The second-order valence-electron chi connectivity index (χ2n) is 9.12. The van der Waals surface area contributed by atoms with Gasteiger partial charge in [0.1, 0.15) is 0 Å². The molecule has 0 radical (unpaired) electrons. The van der Waals surface area contributed by atoms with Crippen molar-refractivity contribution in [3.05, 3.63) is 69.1 Å². The van der Waals surface area contributed by atoms with Crippen LogP contribution in [0, 0.1) is 20.8 Å². The molecule has 0 aliphatic rings. The molecule has 0 saturated carbocycles. The summed E-state index contributed by atoms with van der Waals surface area (Å²) in [7, 11) is 5.72. The molecule has 3 heterocycles. The summed E-state index contributed by atoms with van der Waals surface area (Å²) in [5.74, 6) is 0. The summed E-state index contributed by atoms with van der Waals surface area (Å²) in [6.07, 6.45) is 5.99. The summed E-state index contributed by atoms with van der Waals surface area (Å²) in [4.78, 5) is 0. The van der Waals surface area contributed by atoms with Crippen LogP contribution in [0.4, 0.5) is 0 Å². The molecule has 4 rings (SSSR count). The van der Waals surface area contributed by atoms with Gasteiger partial charge in [-0.15, -0.1) is 15.3 Å². The molecule has 0 atom stereocenters. The SMILES string of the molecule is CNCc1cn(Cc2c(C)c(Cn3cc(CNC)nn3)c(C)c(Cn3cc(CNC)nn3)c2C)nn1. The van der Waals surface area contributed by atoms with E-state index in [4.69, 9.17) is 0 Å². The van der Waals surface area contributed by atoms with Crippen LogP contribution >= 0.6 is 0 Å². The smallest absolute Gasteiger partial charge is 0.0964 e. The molecule has 0 fully saturated rings.